The van der Waals surface area contributed by atoms with Gasteiger partial charge in [-0.05, 0) is 35.9 Å². The molecule has 0 radical (unpaired) electrons. The maximum atomic E-state index is 13.3. The number of halogens is 1. The SMILES string of the molecule is O=C(c1cccc(F)c1)N1C[C@@H](CO)[C@H](c2ccncc2)C1. The van der Waals surface area contributed by atoms with Gasteiger partial charge >= 0.3 is 0 Å². The molecule has 0 aliphatic carbocycles. The second kappa shape index (κ2) is 6.23. The van der Waals surface area contributed by atoms with Gasteiger partial charge in [0.25, 0.3) is 5.91 Å². The summed E-state index contributed by atoms with van der Waals surface area (Å²) < 4.78 is 13.3. The fourth-order valence-electron chi connectivity index (χ4n) is 3.01. The third kappa shape index (κ3) is 2.85. The van der Waals surface area contributed by atoms with Crippen LogP contribution in [0.25, 0.3) is 0 Å². The van der Waals surface area contributed by atoms with Crippen molar-refractivity contribution in [1.29, 1.82) is 0 Å². The zero-order valence-corrected chi connectivity index (χ0v) is 12.0. The van der Waals surface area contributed by atoms with Crippen molar-refractivity contribution in [3.63, 3.8) is 0 Å². The van der Waals surface area contributed by atoms with E-state index in [-0.39, 0.29) is 24.3 Å². The molecule has 2 heterocycles. The van der Waals surface area contributed by atoms with Crippen LogP contribution in [0.15, 0.2) is 48.8 Å². The Labute approximate surface area is 128 Å². The molecular formula is C17H17FN2O2. The average molecular weight is 300 g/mol. The van der Waals surface area contributed by atoms with Crippen LogP contribution in [-0.2, 0) is 0 Å². The van der Waals surface area contributed by atoms with Crippen LogP contribution in [0.3, 0.4) is 0 Å². The van der Waals surface area contributed by atoms with E-state index in [1.807, 2.05) is 12.1 Å². The lowest BCUT2D eigenvalue weighted by Gasteiger charge is -2.16. The van der Waals surface area contributed by atoms with Gasteiger partial charge in [0.2, 0.25) is 0 Å². The Morgan fingerprint density at radius 2 is 2.05 bits per heavy atom. The molecule has 1 saturated heterocycles. The molecule has 1 fully saturated rings. The monoisotopic (exact) mass is 300 g/mol. The molecule has 0 spiro atoms. The smallest absolute Gasteiger partial charge is 0.253 e. The molecular weight excluding hydrogens is 283 g/mol. The molecule has 4 nitrogen and oxygen atoms in total. The molecule has 0 bridgehead atoms. The Morgan fingerprint density at radius 1 is 1.27 bits per heavy atom. The number of carbonyl (C=O) groups is 1. The van der Waals surface area contributed by atoms with Crippen molar-refractivity contribution in [2.24, 2.45) is 5.92 Å². The standard InChI is InChI=1S/C17H17FN2O2/c18-15-3-1-2-13(8-15)17(22)20-9-14(11-21)16(10-20)12-4-6-19-7-5-12/h1-8,14,16,21H,9-11H2/t14-,16-/m0/s1. The summed E-state index contributed by atoms with van der Waals surface area (Å²) in [6.45, 7) is 1.00. The summed E-state index contributed by atoms with van der Waals surface area (Å²) in [7, 11) is 0. The van der Waals surface area contributed by atoms with E-state index in [0.29, 0.717) is 18.7 Å². The first-order valence-electron chi connectivity index (χ1n) is 7.24. The topological polar surface area (TPSA) is 53.4 Å². The third-order valence-corrected chi connectivity index (χ3v) is 4.17. The quantitative estimate of drug-likeness (QED) is 0.944. The minimum atomic E-state index is -0.422. The number of aromatic nitrogens is 1. The number of hydrogen-bond donors (Lipinski definition) is 1. The average Bonchev–Trinajstić information content (AvgIpc) is 2.99. The number of hydrogen-bond acceptors (Lipinski definition) is 3. The predicted molar refractivity (Wildman–Crippen MR) is 79.9 cm³/mol. The van der Waals surface area contributed by atoms with Gasteiger partial charge in [-0.3, -0.25) is 9.78 Å². The Kier molecular flexibility index (Phi) is 4.15. The van der Waals surface area contributed by atoms with E-state index < -0.39 is 5.82 Å². The number of nitrogens with zero attached hydrogens (tertiary/aromatic N) is 2. The van der Waals surface area contributed by atoms with Gasteiger partial charge in [-0.15, -0.1) is 0 Å². The third-order valence-electron chi connectivity index (χ3n) is 4.17. The van der Waals surface area contributed by atoms with Crippen molar-refractivity contribution < 1.29 is 14.3 Å². The first-order chi connectivity index (χ1) is 10.7. The lowest BCUT2D eigenvalue weighted by molar-refractivity contribution is 0.0781. The molecule has 3 rings (SSSR count). The second-order valence-corrected chi connectivity index (χ2v) is 5.55. The molecule has 1 amide bonds. The number of likely N-dealkylation sites (tertiary alicyclic amines) is 1. The van der Waals surface area contributed by atoms with E-state index in [1.54, 1.807) is 23.4 Å². The summed E-state index contributed by atoms with van der Waals surface area (Å²) in [6.07, 6.45) is 3.42. The first kappa shape index (κ1) is 14.7. The van der Waals surface area contributed by atoms with Crippen molar-refractivity contribution in [1.82, 2.24) is 9.88 Å². The van der Waals surface area contributed by atoms with Gasteiger partial charge in [-0.25, -0.2) is 4.39 Å². The van der Waals surface area contributed by atoms with Gasteiger partial charge < -0.3 is 10.0 Å². The summed E-state index contributed by atoms with van der Waals surface area (Å²) >= 11 is 0. The highest BCUT2D eigenvalue weighted by Gasteiger charge is 2.36. The summed E-state index contributed by atoms with van der Waals surface area (Å²) in [5.74, 6) is -0.561. The van der Waals surface area contributed by atoms with Gasteiger partial charge in [0.05, 0.1) is 0 Å². The summed E-state index contributed by atoms with van der Waals surface area (Å²) in [4.78, 5) is 18.2. The van der Waals surface area contributed by atoms with Crippen LogP contribution in [0.2, 0.25) is 0 Å². The van der Waals surface area contributed by atoms with Crippen molar-refractivity contribution in [2.45, 2.75) is 5.92 Å². The molecule has 1 aliphatic heterocycles. The normalized spacial score (nSPS) is 21.1. The largest absolute Gasteiger partial charge is 0.396 e. The molecule has 0 unspecified atom stereocenters. The molecule has 1 aromatic heterocycles. The molecule has 0 saturated carbocycles. The maximum Gasteiger partial charge on any atom is 0.253 e. The highest BCUT2D eigenvalue weighted by atomic mass is 19.1. The Bertz CT molecular complexity index is 663. The van der Waals surface area contributed by atoms with E-state index in [1.165, 1.54) is 18.2 Å². The summed E-state index contributed by atoms with van der Waals surface area (Å²) in [5, 5.41) is 9.60. The number of benzene rings is 1. The Balaban J connectivity index is 1.81. The van der Waals surface area contributed by atoms with Crippen molar-refractivity contribution in [2.75, 3.05) is 19.7 Å². The van der Waals surface area contributed by atoms with Crippen LogP contribution in [0.4, 0.5) is 4.39 Å². The zero-order chi connectivity index (χ0) is 15.5. The number of aliphatic hydroxyl groups excluding tert-OH is 1. The van der Waals surface area contributed by atoms with Crippen LogP contribution in [0.5, 0.6) is 0 Å². The van der Waals surface area contributed by atoms with E-state index in [0.717, 1.165) is 5.56 Å². The molecule has 114 valence electrons. The highest BCUT2D eigenvalue weighted by molar-refractivity contribution is 5.94. The second-order valence-electron chi connectivity index (χ2n) is 5.55. The fourth-order valence-corrected chi connectivity index (χ4v) is 3.01. The highest BCUT2D eigenvalue weighted by Crippen LogP contribution is 2.32. The van der Waals surface area contributed by atoms with Crippen LogP contribution in [0.1, 0.15) is 21.8 Å². The van der Waals surface area contributed by atoms with Crippen molar-refractivity contribution in [3.05, 3.63) is 65.7 Å². The van der Waals surface area contributed by atoms with E-state index in [4.69, 9.17) is 0 Å². The number of rotatable bonds is 3. The molecule has 2 atom stereocenters. The van der Waals surface area contributed by atoms with Crippen molar-refractivity contribution in [3.8, 4) is 0 Å². The van der Waals surface area contributed by atoms with Crippen LogP contribution in [0, 0.1) is 11.7 Å². The van der Waals surface area contributed by atoms with Crippen LogP contribution in [-0.4, -0.2) is 40.6 Å². The molecule has 2 aromatic rings. The first-order valence-corrected chi connectivity index (χ1v) is 7.24. The zero-order valence-electron chi connectivity index (χ0n) is 12.0. The summed E-state index contributed by atoms with van der Waals surface area (Å²) in [5.41, 5.74) is 1.40. The van der Waals surface area contributed by atoms with E-state index in [2.05, 4.69) is 4.98 Å². The fraction of sp³-hybridized carbons (Fsp3) is 0.294. The van der Waals surface area contributed by atoms with Crippen LogP contribution >= 0.6 is 0 Å². The number of pyridine rings is 1. The Morgan fingerprint density at radius 3 is 2.73 bits per heavy atom. The number of aliphatic hydroxyl groups is 1. The van der Waals surface area contributed by atoms with Gasteiger partial charge in [0.1, 0.15) is 5.82 Å². The van der Waals surface area contributed by atoms with E-state index >= 15 is 0 Å². The van der Waals surface area contributed by atoms with Gasteiger partial charge in [-0.2, -0.15) is 0 Å². The molecule has 1 aromatic carbocycles. The predicted octanol–water partition coefficient (Wildman–Crippen LogP) is 2.07. The van der Waals surface area contributed by atoms with Gasteiger partial charge in [-0.1, -0.05) is 6.07 Å². The molecule has 1 aliphatic rings. The van der Waals surface area contributed by atoms with Gasteiger partial charge in [0, 0.05) is 49.5 Å². The van der Waals surface area contributed by atoms with E-state index in [9.17, 15) is 14.3 Å². The lowest BCUT2D eigenvalue weighted by Crippen LogP contribution is -2.29. The minimum absolute atomic E-state index is 0.0138. The molecule has 5 heteroatoms. The number of carbonyl (C=O) groups excluding carboxylic acids is 1. The Hall–Kier alpha value is -2.27. The van der Waals surface area contributed by atoms with Crippen molar-refractivity contribution >= 4 is 5.91 Å². The van der Waals surface area contributed by atoms with Crippen LogP contribution < -0.4 is 0 Å². The minimum Gasteiger partial charge on any atom is -0.396 e. The van der Waals surface area contributed by atoms with Gasteiger partial charge in [0.15, 0.2) is 0 Å². The lowest BCUT2D eigenvalue weighted by atomic mass is 9.90. The molecule has 1 N–H and O–H groups in total. The maximum absolute atomic E-state index is 13.3. The number of amides is 1. The molecule has 22 heavy (non-hydrogen) atoms. The summed E-state index contributed by atoms with van der Waals surface area (Å²) in [6, 6.07) is 9.52.